The van der Waals surface area contributed by atoms with Gasteiger partial charge in [-0.3, -0.25) is 4.98 Å². The first-order valence-electron chi connectivity index (χ1n) is 6.33. The third-order valence-corrected chi connectivity index (χ3v) is 3.37. The number of aromatic nitrogens is 3. The zero-order valence-electron chi connectivity index (χ0n) is 11.6. The van der Waals surface area contributed by atoms with Gasteiger partial charge in [0, 0.05) is 30.1 Å². The van der Waals surface area contributed by atoms with Gasteiger partial charge in [-0.15, -0.1) is 0 Å². The van der Waals surface area contributed by atoms with E-state index in [0.29, 0.717) is 5.52 Å². The number of phenols is 1. The zero-order valence-corrected chi connectivity index (χ0v) is 11.6. The van der Waals surface area contributed by atoms with E-state index in [4.69, 9.17) is 0 Å². The average molecular weight is 255 g/mol. The fraction of sp³-hybridized carbons (Fsp3) is 0.333. The second kappa shape index (κ2) is 3.70. The van der Waals surface area contributed by atoms with Crippen LogP contribution in [0, 0.1) is 0 Å². The number of aromatic hydroxyl groups is 1. The molecule has 1 N–H and O–H groups in total. The lowest BCUT2D eigenvalue weighted by Crippen LogP contribution is -2.17. The van der Waals surface area contributed by atoms with E-state index in [9.17, 15) is 5.11 Å². The first-order chi connectivity index (χ1) is 8.89. The van der Waals surface area contributed by atoms with E-state index in [-0.39, 0.29) is 11.2 Å². The number of fused-ring (bicyclic) bond motifs is 3. The van der Waals surface area contributed by atoms with Crippen molar-refractivity contribution in [2.45, 2.75) is 26.2 Å². The molecule has 4 nitrogen and oxygen atoms in total. The average Bonchev–Trinajstić information content (AvgIpc) is 2.67. The van der Waals surface area contributed by atoms with Crippen LogP contribution < -0.4 is 0 Å². The normalized spacial score (nSPS) is 12.4. The number of imidazole rings is 1. The highest BCUT2D eigenvalue weighted by Crippen LogP contribution is 2.33. The molecule has 0 fully saturated rings. The number of benzene rings is 1. The molecule has 19 heavy (non-hydrogen) atoms. The van der Waals surface area contributed by atoms with Gasteiger partial charge in [0.15, 0.2) is 0 Å². The Hall–Kier alpha value is -2.10. The van der Waals surface area contributed by atoms with Crippen molar-refractivity contribution in [3.63, 3.8) is 0 Å². The molecule has 1 aromatic carbocycles. The minimum absolute atomic E-state index is 0.0437. The van der Waals surface area contributed by atoms with E-state index in [1.807, 2.05) is 19.2 Å². The van der Waals surface area contributed by atoms with Gasteiger partial charge in [0.1, 0.15) is 17.1 Å². The molecule has 0 unspecified atom stereocenters. The van der Waals surface area contributed by atoms with Crippen molar-refractivity contribution < 1.29 is 5.11 Å². The molecule has 4 heteroatoms. The third kappa shape index (κ3) is 1.67. The van der Waals surface area contributed by atoms with Gasteiger partial charge in [0.25, 0.3) is 0 Å². The van der Waals surface area contributed by atoms with Crippen LogP contribution in [0.1, 0.15) is 26.6 Å². The number of hydrogen-bond acceptors (Lipinski definition) is 3. The lowest BCUT2D eigenvalue weighted by atomic mass is 9.96. The summed E-state index contributed by atoms with van der Waals surface area (Å²) in [5.74, 6) is 1.18. The quantitative estimate of drug-likeness (QED) is 0.671. The smallest absolute Gasteiger partial charge is 0.144 e. The lowest BCUT2D eigenvalue weighted by molar-refractivity contribution is 0.481. The molecular formula is C15H17N3O. The van der Waals surface area contributed by atoms with Crippen molar-refractivity contribution in [3.05, 3.63) is 30.2 Å². The molecule has 0 aliphatic rings. The molecule has 3 aromatic rings. The summed E-state index contributed by atoms with van der Waals surface area (Å²) in [5, 5.41) is 11.0. The Balaban J connectivity index is 2.52. The van der Waals surface area contributed by atoms with Gasteiger partial charge in [-0.1, -0.05) is 20.8 Å². The fourth-order valence-corrected chi connectivity index (χ4v) is 2.61. The second-order valence-electron chi connectivity index (χ2n) is 5.91. The maximum absolute atomic E-state index is 10.1. The highest BCUT2D eigenvalue weighted by molar-refractivity contribution is 6.05. The Morgan fingerprint density at radius 3 is 2.68 bits per heavy atom. The molecular weight excluding hydrogens is 238 g/mol. The number of rotatable bonds is 0. The summed E-state index contributed by atoms with van der Waals surface area (Å²) < 4.78 is 2.10. The first-order valence-corrected chi connectivity index (χ1v) is 6.33. The van der Waals surface area contributed by atoms with Crippen LogP contribution in [0.4, 0.5) is 0 Å². The Kier molecular flexibility index (Phi) is 2.33. The molecule has 0 radical (unpaired) electrons. The van der Waals surface area contributed by atoms with Crippen LogP contribution >= 0.6 is 0 Å². The van der Waals surface area contributed by atoms with Gasteiger partial charge < -0.3 is 9.67 Å². The fourth-order valence-electron chi connectivity index (χ4n) is 2.61. The van der Waals surface area contributed by atoms with Crippen molar-refractivity contribution in [2.75, 3.05) is 0 Å². The molecule has 98 valence electrons. The van der Waals surface area contributed by atoms with Gasteiger partial charge in [0.2, 0.25) is 0 Å². The summed E-state index contributed by atoms with van der Waals surface area (Å²) in [6, 6.07) is 5.55. The molecule has 0 aliphatic carbocycles. The summed E-state index contributed by atoms with van der Waals surface area (Å²) in [7, 11) is 2.01. The SMILES string of the molecule is Cn1c(C(C)(C)C)nc2cc(O)c3ncccc3c21. The molecule has 0 aliphatic heterocycles. The predicted molar refractivity (Wildman–Crippen MR) is 76.4 cm³/mol. The summed E-state index contributed by atoms with van der Waals surface area (Å²) in [4.78, 5) is 8.92. The van der Waals surface area contributed by atoms with E-state index in [1.54, 1.807) is 12.3 Å². The Morgan fingerprint density at radius 1 is 1.26 bits per heavy atom. The molecule has 0 bridgehead atoms. The third-order valence-electron chi connectivity index (χ3n) is 3.37. The van der Waals surface area contributed by atoms with Gasteiger partial charge in [-0.2, -0.15) is 0 Å². The van der Waals surface area contributed by atoms with Gasteiger partial charge >= 0.3 is 0 Å². The van der Waals surface area contributed by atoms with E-state index in [2.05, 4.69) is 35.3 Å². The van der Waals surface area contributed by atoms with Crippen LogP contribution in [-0.4, -0.2) is 19.6 Å². The van der Waals surface area contributed by atoms with E-state index in [1.165, 1.54) is 0 Å². The summed E-state index contributed by atoms with van der Waals surface area (Å²) >= 11 is 0. The minimum Gasteiger partial charge on any atom is -0.506 e. The van der Waals surface area contributed by atoms with E-state index >= 15 is 0 Å². The van der Waals surface area contributed by atoms with Crippen molar-refractivity contribution in [2.24, 2.45) is 7.05 Å². The van der Waals surface area contributed by atoms with Crippen LogP contribution in [0.25, 0.3) is 21.9 Å². The van der Waals surface area contributed by atoms with Crippen LogP contribution in [0.15, 0.2) is 24.4 Å². The zero-order chi connectivity index (χ0) is 13.8. The van der Waals surface area contributed by atoms with Crippen LogP contribution in [0.5, 0.6) is 5.75 Å². The molecule has 0 amide bonds. The van der Waals surface area contributed by atoms with E-state index in [0.717, 1.165) is 22.2 Å². The second-order valence-corrected chi connectivity index (χ2v) is 5.91. The number of aryl methyl sites for hydroxylation is 1. The summed E-state index contributed by atoms with van der Waals surface area (Å²) in [6.07, 6.45) is 1.69. The topological polar surface area (TPSA) is 50.9 Å². The predicted octanol–water partition coefficient (Wildman–Crippen LogP) is 3.12. The molecule has 0 spiro atoms. The number of nitrogens with zero attached hydrogens (tertiary/aromatic N) is 3. The summed E-state index contributed by atoms with van der Waals surface area (Å²) in [5.41, 5.74) is 2.41. The minimum atomic E-state index is -0.0437. The highest BCUT2D eigenvalue weighted by atomic mass is 16.3. The van der Waals surface area contributed by atoms with Crippen LogP contribution in [0.3, 0.4) is 0 Å². The maximum Gasteiger partial charge on any atom is 0.144 e. The molecule has 0 saturated carbocycles. The monoisotopic (exact) mass is 255 g/mol. The number of hydrogen-bond donors (Lipinski definition) is 1. The van der Waals surface area contributed by atoms with Crippen molar-refractivity contribution in [1.82, 2.24) is 14.5 Å². The van der Waals surface area contributed by atoms with Crippen molar-refractivity contribution in [1.29, 1.82) is 0 Å². The number of pyridine rings is 1. The first kappa shape index (κ1) is 12.0. The molecule has 0 saturated heterocycles. The summed E-state index contributed by atoms with van der Waals surface area (Å²) in [6.45, 7) is 6.40. The maximum atomic E-state index is 10.1. The molecule has 2 heterocycles. The van der Waals surface area contributed by atoms with Crippen LogP contribution in [0.2, 0.25) is 0 Å². The molecule has 2 aromatic heterocycles. The largest absolute Gasteiger partial charge is 0.506 e. The molecule has 3 rings (SSSR count). The number of phenolic OH excluding ortho intramolecular Hbond substituents is 1. The standard InChI is InChI=1S/C15H17N3O/c1-15(2,3)14-17-10-8-11(19)12-9(6-5-7-16-12)13(10)18(14)4/h5-8,19H,1-4H3. The van der Waals surface area contributed by atoms with Gasteiger partial charge in [0.05, 0.1) is 11.0 Å². The lowest BCUT2D eigenvalue weighted by Gasteiger charge is -2.17. The Bertz CT molecular complexity index is 781. The molecule has 0 atom stereocenters. The Morgan fingerprint density at radius 2 is 2.00 bits per heavy atom. The van der Waals surface area contributed by atoms with Crippen molar-refractivity contribution >= 4 is 21.9 Å². The van der Waals surface area contributed by atoms with Gasteiger partial charge in [-0.05, 0) is 12.1 Å². The van der Waals surface area contributed by atoms with Crippen molar-refractivity contribution in [3.8, 4) is 5.75 Å². The van der Waals surface area contributed by atoms with Crippen LogP contribution in [-0.2, 0) is 12.5 Å². The van der Waals surface area contributed by atoms with Gasteiger partial charge in [-0.25, -0.2) is 4.98 Å². The van der Waals surface area contributed by atoms with E-state index < -0.39 is 0 Å². The highest BCUT2D eigenvalue weighted by Gasteiger charge is 2.23. The Labute approximate surface area is 111 Å².